The molecule has 1 N–H and O–H groups in total. The van der Waals surface area contributed by atoms with Crippen LogP contribution in [0.3, 0.4) is 0 Å². The molecule has 1 amide bonds. The van der Waals surface area contributed by atoms with E-state index in [0.29, 0.717) is 16.5 Å². The SMILES string of the molecule is Cc1ccc(Cl)cc1NC(=O)COc1ccc(C(=S)N2C[C@H](C)O[C@@H](C)C2)cc1. The Morgan fingerprint density at radius 3 is 2.52 bits per heavy atom. The summed E-state index contributed by atoms with van der Waals surface area (Å²) in [6.45, 7) is 7.49. The van der Waals surface area contributed by atoms with Crippen LogP contribution in [0.25, 0.3) is 0 Å². The Hall–Kier alpha value is -2.15. The summed E-state index contributed by atoms with van der Waals surface area (Å²) in [5.41, 5.74) is 2.57. The van der Waals surface area contributed by atoms with Crippen LogP contribution in [0.4, 0.5) is 5.69 Å². The van der Waals surface area contributed by atoms with Gasteiger partial charge in [-0.05, 0) is 62.7 Å². The molecule has 0 aliphatic carbocycles. The summed E-state index contributed by atoms with van der Waals surface area (Å²) in [6.07, 6.45) is 0.307. The Bertz CT molecular complexity index is 878. The molecule has 1 aliphatic heterocycles. The van der Waals surface area contributed by atoms with Crippen molar-refractivity contribution in [3.05, 3.63) is 58.6 Å². The average molecular weight is 433 g/mol. The van der Waals surface area contributed by atoms with E-state index >= 15 is 0 Å². The van der Waals surface area contributed by atoms with Gasteiger partial charge in [-0.1, -0.05) is 29.9 Å². The van der Waals surface area contributed by atoms with E-state index in [4.69, 9.17) is 33.3 Å². The van der Waals surface area contributed by atoms with Gasteiger partial charge in [0.1, 0.15) is 10.7 Å². The molecule has 3 rings (SSSR count). The van der Waals surface area contributed by atoms with Gasteiger partial charge in [-0.3, -0.25) is 4.79 Å². The molecule has 0 unspecified atom stereocenters. The van der Waals surface area contributed by atoms with Gasteiger partial charge in [0.15, 0.2) is 6.61 Å². The summed E-state index contributed by atoms with van der Waals surface area (Å²) < 4.78 is 11.4. The maximum Gasteiger partial charge on any atom is 0.262 e. The number of halogens is 1. The zero-order valence-corrected chi connectivity index (χ0v) is 18.3. The highest BCUT2D eigenvalue weighted by atomic mass is 35.5. The van der Waals surface area contributed by atoms with Crippen LogP contribution in [-0.4, -0.2) is 47.7 Å². The monoisotopic (exact) mass is 432 g/mol. The summed E-state index contributed by atoms with van der Waals surface area (Å²) in [5, 5.41) is 3.39. The van der Waals surface area contributed by atoms with Crippen molar-refractivity contribution in [3.8, 4) is 5.75 Å². The van der Waals surface area contributed by atoms with Gasteiger partial charge < -0.3 is 19.7 Å². The highest BCUT2D eigenvalue weighted by Gasteiger charge is 2.24. The Morgan fingerprint density at radius 1 is 1.21 bits per heavy atom. The molecule has 154 valence electrons. The number of carbonyl (C=O) groups is 1. The van der Waals surface area contributed by atoms with Crippen molar-refractivity contribution < 1.29 is 14.3 Å². The Labute approximate surface area is 181 Å². The third-order valence-corrected chi connectivity index (χ3v) is 5.38. The van der Waals surface area contributed by atoms with Gasteiger partial charge in [0.05, 0.1) is 12.2 Å². The third kappa shape index (κ3) is 5.92. The van der Waals surface area contributed by atoms with Gasteiger partial charge in [-0.15, -0.1) is 0 Å². The molecule has 0 radical (unpaired) electrons. The summed E-state index contributed by atoms with van der Waals surface area (Å²) in [4.78, 5) is 15.1. The molecule has 1 aliphatic rings. The average Bonchev–Trinajstić information content (AvgIpc) is 2.68. The number of nitrogens with zero attached hydrogens (tertiary/aromatic N) is 1. The first-order valence-corrected chi connectivity index (χ1v) is 10.3. The van der Waals surface area contributed by atoms with Gasteiger partial charge in [0.2, 0.25) is 0 Å². The highest BCUT2D eigenvalue weighted by molar-refractivity contribution is 7.80. The van der Waals surface area contributed by atoms with Crippen molar-refractivity contribution in [3.63, 3.8) is 0 Å². The van der Waals surface area contributed by atoms with E-state index in [2.05, 4.69) is 24.1 Å². The number of amides is 1. The molecule has 1 saturated heterocycles. The lowest BCUT2D eigenvalue weighted by Crippen LogP contribution is -2.47. The molecule has 7 heteroatoms. The predicted octanol–water partition coefficient (Wildman–Crippen LogP) is 4.45. The van der Waals surface area contributed by atoms with Gasteiger partial charge in [0, 0.05) is 29.4 Å². The first-order valence-electron chi connectivity index (χ1n) is 9.55. The van der Waals surface area contributed by atoms with E-state index in [-0.39, 0.29) is 24.7 Å². The number of aryl methyl sites for hydroxylation is 1. The molecule has 2 atom stereocenters. The van der Waals surface area contributed by atoms with Gasteiger partial charge >= 0.3 is 0 Å². The summed E-state index contributed by atoms with van der Waals surface area (Å²) in [6, 6.07) is 12.9. The fourth-order valence-electron chi connectivity index (χ4n) is 3.28. The molecular weight excluding hydrogens is 408 g/mol. The van der Waals surface area contributed by atoms with Crippen LogP contribution < -0.4 is 10.1 Å². The quantitative estimate of drug-likeness (QED) is 0.707. The smallest absolute Gasteiger partial charge is 0.262 e. The van der Waals surface area contributed by atoms with Crippen LogP contribution in [-0.2, 0) is 9.53 Å². The fraction of sp³-hybridized carbons (Fsp3) is 0.364. The lowest BCUT2D eigenvalue weighted by atomic mass is 10.1. The largest absolute Gasteiger partial charge is 0.484 e. The predicted molar refractivity (Wildman–Crippen MR) is 120 cm³/mol. The topological polar surface area (TPSA) is 50.8 Å². The molecule has 2 aromatic rings. The van der Waals surface area contributed by atoms with Crippen LogP contribution in [0.1, 0.15) is 25.0 Å². The number of morpholine rings is 1. The van der Waals surface area contributed by atoms with Crippen LogP contribution >= 0.6 is 23.8 Å². The van der Waals surface area contributed by atoms with Gasteiger partial charge in [0.25, 0.3) is 5.91 Å². The van der Waals surface area contributed by atoms with E-state index < -0.39 is 0 Å². The first kappa shape index (κ1) is 21.6. The lowest BCUT2D eigenvalue weighted by Gasteiger charge is -2.37. The molecule has 0 spiro atoms. The van der Waals surface area contributed by atoms with Crippen LogP contribution in [0.15, 0.2) is 42.5 Å². The van der Waals surface area contributed by atoms with E-state index in [1.165, 1.54) is 0 Å². The summed E-state index contributed by atoms with van der Waals surface area (Å²) in [5.74, 6) is 0.365. The standard InChI is InChI=1S/C22H25ClN2O3S/c1-14-4-7-18(23)10-20(14)24-21(26)13-27-19-8-5-17(6-9-19)22(29)25-11-15(2)28-16(3)12-25/h4-10,15-16H,11-13H2,1-3H3,(H,24,26)/t15-,16-/m0/s1. The molecule has 0 bridgehead atoms. The van der Waals surface area contributed by atoms with Crippen molar-refractivity contribution in [2.24, 2.45) is 0 Å². The number of hydrogen-bond donors (Lipinski definition) is 1. The number of thiocarbonyl (C=S) groups is 1. The molecule has 29 heavy (non-hydrogen) atoms. The second-order valence-electron chi connectivity index (χ2n) is 7.29. The first-order chi connectivity index (χ1) is 13.8. The normalized spacial score (nSPS) is 19.0. The second kappa shape index (κ2) is 9.57. The molecule has 0 aromatic heterocycles. The number of nitrogens with one attached hydrogen (secondary N) is 1. The molecule has 2 aromatic carbocycles. The van der Waals surface area contributed by atoms with Gasteiger partial charge in [-0.2, -0.15) is 0 Å². The summed E-state index contributed by atoms with van der Waals surface area (Å²) >= 11 is 11.6. The van der Waals surface area contributed by atoms with E-state index in [1.54, 1.807) is 12.1 Å². The van der Waals surface area contributed by atoms with Crippen LogP contribution in [0.2, 0.25) is 5.02 Å². The van der Waals surface area contributed by atoms with E-state index in [0.717, 1.165) is 29.2 Å². The Balaban J connectivity index is 1.54. The highest BCUT2D eigenvalue weighted by Crippen LogP contribution is 2.21. The fourth-order valence-corrected chi connectivity index (χ4v) is 3.74. The number of benzene rings is 2. The third-order valence-electron chi connectivity index (χ3n) is 4.65. The maximum atomic E-state index is 12.2. The second-order valence-corrected chi connectivity index (χ2v) is 8.11. The minimum absolute atomic E-state index is 0.0890. The minimum Gasteiger partial charge on any atom is -0.484 e. The molecule has 1 fully saturated rings. The van der Waals surface area contributed by atoms with Crippen LogP contribution in [0, 0.1) is 6.92 Å². The zero-order chi connectivity index (χ0) is 21.0. The van der Waals surface area contributed by atoms with Crippen molar-refractivity contribution >= 4 is 40.4 Å². The molecular formula is C22H25ClN2O3S. The molecule has 0 saturated carbocycles. The van der Waals surface area contributed by atoms with E-state index in [1.807, 2.05) is 37.3 Å². The van der Waals surface area contributed by atoms with Crippen molar-refractivity contribution in [2.75, 3.05) is 25.0 Å². The number of rotatable bonds is 5. The number of hydrogen-bond acceptors (Lipinski definition) is 4. The maximum absolute atomic E-state index is 12.2. The number of ether oxygens (including phenoxy) is 2. The van der Waals surface area contributed by atoms with Crippen molar-refractivity contribution in [1.29, 1.82) is 0 Å². The van der Waals surface area contributed by atoms with E-state index in [9.17, 15) is 4.79 Å². The zero-order valence-electron chi connectivity index (χ0n) is 16.8. The molecule has 5 nitrogen and oxygen atoms in total. The minimum atomic E-state index is -0.244. The van der Waals surface area contributed by atoms with Crippen molar-refractivity contribution in [1.82, 2.24) is 4.90 Å². The number of anilines is 1. The Kier molecular flexibility index (Phi) is 7.11. The molecule has 1 heterocycles. The van der Waals surface area contributed by atoms with Crippen LogP contribution in [0.5, 0.6) is 5.75 Å². The van der Waals surface area contributed by atoms with Crippen molar-refractivity contribution in [2.45, 2.75) is 33.0 Å². The Morgan fingerprint density at radius 2 is 1.86 bits per heavy atom. The summed E-state index contributed by atoms with van der Waals surface area (Å²) in [7, 11) is 0. The lowest BCUT2D eigenvalue weighted by molar-refractivity contribution is -0.118. The van der Waals surface area contributed by atoms with Gasteiger partial charge in [-0.25, -0.2) is 0 Å². The number of carbonyl (C=O) groups excluding carboxylic acids is 1.